The molecule has 2 aromatic heterocycles. The van der Waals surface area contributed by atoms with Crippen LogP contribution < -0.4 is 15.7 Å². The van der Waals surface area contributed by atoms with E-state index in [-0.39, 0.29) is 15.7 Å². The number of aromatic nitrogens is 3. The molecule has 2 heterocycles. The van der Waals surface area contributed by atoms with Gasteiger partial charge in [-0.1, -0.05) is 24.8 Å². The number of benzene rings is 1. The molecule has 1 aromatic carbocycles. The van der Waals surface area contributed by atoms with Gasteiger partial charge in [-0.2, -0.15) is 4.37 Å². The Morgan fingerprint density at radius 2 is 2.28 bits per heavy atom. The van der Waals surface area contributed by atoms with E-state index in [9.17, 15) is 8.42 Å². The molecule has 1 aliphatic carbocycles. The first-order valence-corrected chi connectivity index (χ1v) is 12.3. The molecule has 32 heavy (non-hydrogen) atoms. The van der Waals surface area contributed by atoms with Crippen LogP contribution in [-0.4, -0.2) is 35.4 Å². The summed E-state index contributed by atoms with van der Waals surface area (Å²) in [6, 6.07) is 4.91. The summed E-state index contributed by atoms with van der Waals surface area (Å²) in [4.78, 5) is 3.86. The molecule has 4 rings (SSSR count). The summed E-state index contributed by atoms with van der Waals surface area (Å²) in [7, 11) is -1.90. The van der Waals surface area contributed by atoms with Crippen molar-refractivity contribution in [3.8, 4) is 0 Å². The van der Waals surface area contributed by atoms with Gasteiger partial charge in [0.2, 0.25) is 5.13 Å². The van der Waals surface area contributed by atoms with Crippen molar-refractivity contribution < 1.29 is 12.8 Å². The van der Waals surface area contributed by atoms with Crippen molar-refractivity contribution in [3.05, 3.63) is 66.2 Å². The fraction of sp³-hybridized carbons (Fsp3) is 0.286. The Kier molecular flexibility index (Phi) is 6.13. The van der Waals surface area contributed by atoms with Crippen molar-refractivity contribution in [2.24, 2.45) is 0 Å². The van der Waals surface area contributed by atoms with Crippen molar-refractivity contribution >= 4 is 37.8 Å². The second kappa shape index (κ2) is 8.85. The van der Waals surface area contributed by atoms with Crippen LogP contribution in [0.15, 0.2) is 69.8 Å². The summed E-state index contributed by atoms with van der Waals surface area (Å²) in [6.07, 6.45) is 5.87. The van der Waals surface area contributed by atoms with Crippen molar-refractivity contribution in [1.29, 1.82) is 5.41 Å². The van der Waals surface area contributed by atoms with Crippen molar-refractivity contribution in [1.82, 2.24) is 19.2 Å². The normalized spacial score (nSPS) is 18.7. The molecule has 0 amide bonds. The minimum atomic E-state index is -3.86. The molecule has 0 radical (unpaired) electrons. The highest BCUT2D eigenvalue weighted by molar-refractivity contribution is 7.93. The number of nitrogens with zero attached hydrogens (tertiary/aromatic N) is 3. The molecule has 168 valence electrons. The number of allylic oxidation sites excluding steroid dienone is 3. The molecule has 1 aliphatic rings. The standard InChI is InChI=1S/C21H24N6O3S2/c1-4-14(17-9-15(23-3)6-5-13(17)2)11-27-18-8-7-16(10-19(18)30-20(27)22)32(28,29)26-21-24-12-25-31-21/h4,7-8,10,12,15,22-23H,1-2,5-6,9,11H2,3H3,(H,24,25,26). The summed E-state index contributed by atoms with van der Waals surface area (Å²) in [5.74, 6) is 0. The maximum Gasteiger partial charge on any atom is 0.295 e. The summed E-state index contributed by atoms with van der Waals surface area (Å²) in [5, 5.41) is 11.8. The molecule has 1 atom stereocenters. The first-order chi connectivity index (χ1) is 15.3. The topological polar surface area (TPSA) is 126 Å². The molecule has 11 heteroatoms. The maximum absolute atomic E-state index is 12.7. The minimum absolute atomic E-state index is 0.0147. The number of sulfonamides is 1. The van der Waals surface area contributed by atoms with Crippen LogP contribution >= 0.6 is 11.5 Å². The smallest absolute Gasteiger partial charge is 0.295 e. The maximum atomic E-state index is 12.7. The Bertz CT molecular complexity index is 1370. The number of fused-ring (bicyclic) bond motifs is 1. The lowest BCUT2D eigenvalue weighted by molar-refractivity contribution is 0.478. The van der Waals surface area contributed by atoms with Crippen LogP contribution in [0.2, 0.25) is 0 Å². The Labute approximate surface area is 189 Å². The fourth-order valence-electron chi connectivity index (χ4n) is 3.83. The van der Waals surface area contributed by atoms with E-state index in [0.29, 0.717) is 23.7 Å². The number of oxazole rings is 1. The number of anilines is 1. The van der Waals surface area contributed by atoms with Gasteiger partial charge in [0.1, 0.15) is 6.33 Å². The third-order valence-corrected chi connectivity index (χ3v) is 7.66. The van der Waals surface area contributed by atoms with E-state index in [0.717, 1.165) is 47.5 Å². The van der Waals surface area contributed by atoms with Gasteiger partial charge in [0.15, 0.2) is 5.58 Å². The Balaban J connectivity index is 1.69. The van der Waals surface area contributed by atoms with E-state index < -0.39 is 10.0 Å². The number of hydrogen-bond donors (Lipinski definition) is 3. The van der Waals surface area contributed by atoms with Crippen LogP contribution in [0.3, 0.4) is 0 Å². The molecule has 0 saturated heterocycles. The molecule has 0 spiro atoms. The zero-order valence-electron chi connectivity index (χ0n) is 17.6. The average Bonchev–Trinajstić information content (AvgIpc) is 3.38. The van der Waals surface area contributed by atoms with Crippen LogP contribution in [0.1, 0.15) is 19.3 Å². The van der Waals surface area contributed by atoms with E-state index in [1.165, 1.54) is 18.5 Å². The van der Waals surface area contributed by atoms with Gasteiger partial charge in [0.25, 0.3) is 15.7 Å². The summed E-state index contributed by atoms with van der Waals surface area (Å²) in [5.41, 5.74) is 4.06. The van der Waals surface area contributed by atoms with E-state index in [1.807, 2.05) is 7.05 Å². The highest BCUT2D eigenvalue weighted by Crippen LogP contribution is 2.31. The molecule has 9 nitrogen and oxygen atoms in total. The minimum Gasteiger partial charge on any atom is -0.424 e. The highest BCUT2D eigenvalue weighted by atomic mass is 32.2. The first kappa shape index (κ1) is 22.2. The largest absolute Gasteiger partial charge is 0.424 e. The monoisotopic (exact) mass is 472 g/mol. The quantitative estimate of drug-likeness (QED) is 0.485. The molecule has 3 N–H and O–H groups in total. The second-order valence-corrected chi connectivity index (χ2v) is 9.98. The van der Waals surface area contributed by atoms with Crippen LogP contribution in [0, 0.1) is 5.41 Å². The van der Waals surface area contributed by atoms with E-state index in [4.69, 9.17) is 9.83 Å². The molecular weight excluding hydrogens is 448 g/mol. The van der Waals surface area contributed by atoms with Gasteiger partial charge in [0, 0.05) is 23.6 Å². The molecule has 1 fully saturated rings. The fourth-order valence-corrected chi connectivity index (χ4v) is 5.51. The lowest BCUT2D eigenvalue weighted by atomic mass is 9.84. The van der Waals surface area contributed by atoms with Gasteiger partial charge in [-0.15, -0.1) is 0 Å². The third kappa shape index (κ3) is 4.31. The lowest BCUT2D eigenvalue weighted by Gasteiger charge is -2.27. The van der Waals surface area contributed by atoms with Gasteiger partial charge in [0.05, 0.1) is 17.0 Å². The zero-order valence-corrected chi connectivity index (χ0v) is 19.2. The van der Waals surface area contributed by atoms with E-state index in [1.54, 1.807) is 16.7 Å². The predicted molar refractivity (Wildman–Crippen MR) is 124 cm³/mol. The van der Waals surface area contributed by atoms with Gasteiger partial charge in [-0.3, -0.25) is 14.7 Å². The number of nitrogens with one attached hydrogen (secondary N) is 3. The molecule has 0 aliphatic heterocycles. The lowest BCUT2D eigenvalue weighted by Crippen LogP contribution is -2.29. The van der Waals surface area contributed by atoms with Crippen LogP contribution in [-0.2, 0) is 16.6 Å². The highest BCUT2D eigenvalue weighted by Gasteiger charge is 2.22. The van der Waals surface area contributed by atoms with Gasteiger partial charge in [-0.25, -0.2) is 13.4 Å². The SMILES string of the molecule is C=CC(Cn1c(=N)oc2cc(S(=O)(=O)Nc3ncns3)ccc21)=C1CC(NC)CCC1=C. The molecule has 0 bridgehead atoms. The van der Waals surface area contributed by atoms with Gasteiger partial charge in [-0.05, 0) is 49.6 Å². The molecule has 1 saturated carbocycles. The zero-order chi connectivity index (χ0) is 22.9. The van der Waals surface area contributed by atoms with Crippen LogP contribution in [0.5, 0.6) is 0 Å². The Morgan fingerprint density at radius 3 is 2.97 bits per heavy atom. The second-order valence-electron chi connectivity index (χ2n) is 7.51. The predicted octanol–water partition coefficient (Wildman–Crippen LogP) is 3.18. The van der Waals surface area contributed by atoms with Gasteiger partial charge >= 0.3 is 0 Å². The molecular formula is C21H24N6O3S2. The molecule has 3 aromatic rings. The summed E-state index contributed by atoms with van der Waals surface area (Å²) >= 11 is 0.944. The van der Waals surface area contributed by atoms with E-state index >= 15 is 0 Å². The Morgan fingerprint density at radius 1 is 1.47 bits per heavy atom. The van der Waals surface area contributed by atoms with Crippen molar-refractivity contribution in [2.75, 3.05) is 11.8 Å². The first-order valence-electron chi connectivity index (χ1n) is 9.99. The molecule has 1 unspecified atom stereocenters. The third-order valence-electron chi connectivity index (χ3n) is 5.61. The van der Waals surface area contributed by atoms with Crippen molar-refractivity contribution in [2.45, 2.75) is 36.7 Å². The van der Waals surface area contributed by atoms with Gasteiger partial charge < -0.3 is 9.73 Å². The Hall–Kier alpha value is -3.02. The number of hydrogen-bond acceptors (Lipinski definition) is 8. The summed E-state index contributed by atoms with van der Waals surface area (Å²) in [6.45, 7) is 8.58. The van der Waals surface area contributed by atoms with E-state index in [2.05, 4.69) is 32.6 Å². The average molecular weight is 473 g/mol. The van der Waals surface area contributed by atoms with Crippen LogP contribution in [0.4, 0.5) is 5.13 Å². The van der Waals surface area contributed by atoms with Crippen LogP contribution in [0.25, 0.3) is 11.1 Å². The van der Waals surface area contributed by atoms with Crippen molar-refractivity contribution in [3.63, 3.8) is 0 Å². The number of rotatable bonds is 7. The summed E-state index contributed by atoms with van der Waals surface area (Å²) < 4.78 is 38.8.